The van der Waals surface area contributed by atoms with Crippen LogP contribution in [-0.2, 0) is 11.3 Å². The molecule has 0 aliphatic carbocycles. The number of hydrogen-bond donors (Lipinski definition) is 1. The molecule has 120 valence electrons. The van der Waals surface area contributed by atoms with Crippen molar-refractivity contribution in [1.82, 2.24) is 10.3 Å². The second kappa shape index (κ2) is 7.23. The quantitative estimate of drug-likeness (QED) is 0.689. The normalized spacial score (nSPS) is 10.4. The molecular formula is C20H18N2OS. The van der Waals surface area contributed by atoms with Crippen LogP contribution in [0.5, 0.6) is 0 Å². The van der Waals surface area contributed by atoms with Crippen LogP contribution in [0.3, 0.4) is 0 Å². The Hall–Kier alpha value is -2.72. The number of rotatable bonds is 5. The van der Waals surface area contributed by atoms with E-state index in [0.717, 1.165) is 27.4 Å². The van der Waals surface area contributed by atoms with E-state index in [4.69, 9.17) is 4.98 Å². The van der Waals surface area contributed by atoms with Gasteiger partial charge in [-0.1, -0.05) is 55.1 Å². The van der Waals surface area contributed by atoms with Crippen molar-refractivity contribution in [2.45, 2.75) is 13.5 Å². The lowest BCUT2D eigenvalue weighted by molar-refractivity contribution is -0.117. The van der Waals surface area contributed by atoms with Crippen molar-refractivity contribution in [2.24, 2.45) is 0 Å². The Bertz CT molecular complexity index is 868. The molecule has 24 heavy (non-hydrogen) atoms. The molecule has 1 heterocycles. The molecule has 0 aliphatic heterocycles. The summed E-state index contributed by atoms with van der Waals surface area (Å²) in [4.78, 5) is 16.3. The molecule has 0 atom stereocenters. The standard InChI is InChI=1S/C20H18N2OS/c1-14(2)19(23)21-12-15-7-6-10-17(11-15)20-22-18(13-24-20)16-8-4-3-5-9-16/h3-11,13H,1,12H2,2H3,(H,21,23). The first-order chi connectivity index (χ1) is 11.6. The van der Waals surface area contributed by atoms with Gasteiger partial charge in [-0.3, -0.25) is 4.79 Å². The third kappa shape index (κ3) is 3.78. The number of carbonyl (C=O) groups excluding carboxylic acids is 1. The van der Waals surface area contributed by atoms with Crippen molar-refractivity contribution < 1.29 is 4.79 Å². The second-order valence-electron chi connectivity index (χ2n) is 5.57. The van der Waals surface area contributed by atoms with Crippen molar-refractivity contribution >= 4 is 17.2 Å². The van der Waals surface area contributed by atoms with E-state index in [0.29, 0.717) is 12.1 Å². The maximum absolute atomic E-state index is 11.6. The zero-order valence-electron chi connectivity index (χ0n) is 13.5. The molecule has 0 bridgehead atoms. The monoisotopic (exact) mass is 334 g/mol. The summed E-state index contributed by atoms with van der Waals surface area (Å²) in [6, 6.07) is 18.2. The van der Waals surface area contributed by atoms with Gasteiger partial charge >= 0.3 is 0 Å². The number of benzene rings is 2. The fourth-order valence-corrected chi connectivity index (χ4v) is 3.12. The Kier molecular flexibility index (Phi) is 4.87. The number of nitrogens with zero attached hydrogens (tertiary/aromatic N) is 1. The van der Waals surface area contributed by atoms with Crippen molar-refractivity contribution in [1.29, 1.82) is 0 Å². The van der Waals surface area contributed by atoms with Gasteiger partial charge in [0.1, 0.15) is 5.01 Å². The number of aromatic nitrogens is 1. The number of amides is 1. The summed E-state index contributed by atoms with van der Waals surface area (Å²) in [5.74, 6) is -0.124. The molecule has 0 fully saturated rings. The summed E-state index contributed by atoms with van der Waals surface area (Å²) < 4.78 is 0. The highest BCUT2D eigenvalue weighted by molar-refractivity contribution is 7.13. The average molecular weight is 334 g/mol. The van der Waals surface area contributed by atoms with Gasteiger partial charge in [0.2, 0.25) is 5.91 Å². The van der Waals surface area contributed by atoms with Crippen LogP contribution in [0.1, 0.15) is 12.5 Å². The van der Waals surface area contributed by atoms with E-state index in [1.54, 1.807) is 18.3 Å². The van der Waals surface area contributed by atoms with Crippen molar-refractivity contribution in [3.63, 3.8) is 0 Å². The molecule has 1 amide bonds. The molecule has 3 nitrogen and oxygen atoms in total. The minimum Gasteiger partial charge on any atom is -0.348 e. The first-order valence-corrected chi connectivity index (χ1v) is 8.55. The van der Waals surface area contributed by atoms with Crippen LogP contribution in [0.15, 0.2) is 72.1 Å². The molecule has 0 aliphatic rings. The minimum atomic E-state index is -0.124. The van der Waals surface area contributed by atoms with Crippen LogP contribution in [-0.4, -0.2) is 10.9 Å². The highest BCUT2D eigenvalue weighted by Crippen LogP contribution is 2.29. The zero-order valence-corrected chi connectivity index (χ0v) is 14.3. The van der Waals surface area contributed by atoms with E-state index in [1.165, 1.54) is 0 Å². The predicted molar refractivity (Wildman–Crippen MR) is 99.6 cm³/mol. The second-order valence-corrected chi connectivity index (χ2v) is 6.43. The maximum atomic E-state index is 11.6. The molecule has 2 aromatic carbocycles. The SMILES string of the molecule is C=C(C)C(=O)NCc1cccc(-c2nc(-c3ccccc3)cs2)c1. The van der Waals surface area contributed by atoms with Gasteiger partial charge in [0, 0.05) is 28.6 Å². The Labute approximate surface area is 145 Å². The third-order valence-electron chi connectivity index (χ3n) is 3.59. The number of nitrogens with one attached hydrogen (secondary N) is 1. The van der Waals surface area contributed by atoms with Crippen LogP contribution in [0, 0.1) is 0 Å². The summed E-state index contributed by atoms with van der Waals surface area (Å²) in [6.07, 6.45) is 0. The van der Waals surface area contributed by atoms with Gasteiger partial charge in [0.25, 0.3) is 0 Å². The van der Waals surface area contributed by atoms with E-state index in [2.05, 4.69) is 35.5 Å². The third-order valence-corrected chi connectivity index (χ3v) is 4.48. The molecule has 0 radical (unpaired) electrons. The minimum absolute atomic E-state index is 0.124. The van der Waals surface area contributed by atoms with E-state index >= 15 is 0 Å². The van der Waals surface area contributed by atoms with Gasteiger partial charge < -0.3 is 5.32 Å². The van der Waals surface area contributed by atoms with E-state index in [9.17, 15) is 4.79 Å². The Morgan fingerprint density at radius 1 is 1.12 bits per heavy atom. The zero-order chi connectivity index (χ0) is 16.9. The lowest BCUT2D eigenvalue weighted by Crippen LogP contribution is -2.22. The van der Waals surface area contributed by atoms with Crippen LogP contribution in [0.25, 0.3) is 21.8 Å². The number of carbonyl (C=O) groups is 1. The van der Waals surface area contributed by atoms with Crippen LogP contribution in [0.2, 0.25) is 0 Å². The first-order valence-electron chi connectivity index (χ1n) is 7.67. The topological polar surface area (TPSA) is 42.0 Å². The molecule has 3 aromatic rings. The van der Waals surface area contributed by atoms with Gasteiger partial charge in [-0.2, -0.15) is 0 Å². The van der Waals surface area contributed by atoms with Crippen LogP contribution < -0.4 is 5.32 Å². The van der Waals surface area contributed by atoms with Crippen molar-refractivity contribution in [2.75, 3.05) is 0 Å². The van der Waals surface area contributed by atoms with Gasteiger partial charge in [-0.05, 0) is 18.6 Å². The highest BCUT2D eigenvalue weighted by atomic mass is 32.1. The van der Waals surface area contributed by atoms with E-state index in [-0.39, 0.29) is 5.91 Å². The molecule has 0 unspecified atom stereocenters. The predicted octanol–water partition coefficient (Wildman–Crippen LogP) is 4.67. The van der Waals surface area contributed by atoms with Crippen molar-refractivity contribution in [3.05, 3.63) is 77.7 Å². The molecule has 0 spiro atoms. The molecular weight excluding hydrogens is 316 g/mol. The Morgan fingerprint density at radius 2 is 1.88 bits per heavy atom. The first kappa shape index (κ1) is 16.1. The summed E-state index contributed by atoms with van der Waals surface area (Å²) >= 11 is 1.62. The lowest BCUT2D eigenvalue weighted by Gasteiger charge is -2.06. The number of thiazole rings is 1. The van der Waals surface area contributed by atoms with Gasteiger partial charge in [0.05, 0.1) is 5.69 Å². The van der Waals surface area contributed by atoms with Gasteiger partial charge in [-0.25, -0.2) is 4.98 Å². The smallest absolute Gasteiger partial charge is 0.246 e. The molecule has 0 saturated heterocycles. The Balaban J connectivity index is 1.78. The van der Waals surface area contributed by atoms with E-state index < -0.39 is 0 Å². The number of hydrogen-bond acceptors (Lipinski definition) is 3. The Morgan fingerprint density at radius 3 is 2.62 bits per heavy atom. The summed E-state index contributed by atoms with van der Waals surface area (Å²) in [7, 11) is 0. The molecule has 0 saturated carbocycles. The summed E-state index contributed by atoms with van der Waals surface area (Å²) in [6.45, 7) is 5.83. The fourth-order valence-electron chi connectivity index (χ4n) is 2.30. The van der Waals surface area contributed by atoms with E-state index in [1.807, 2.05) is 36.4 Å². The van der Waals surface area contributed by atoms with Crippen LogP contribution in [0.4, 0.5) is 0 Å². The van der Waals surface area contributed by atoms with Crippen LogP contribution >= 0.6 is 11.3 Å². The van der Waals surface area contributed by atoms with Gasteiger partial charge in [-0.15, -0.1) is 11.3 Å². The maximum Gasteiger partial charge on any atom is 0.246 e. The lowest BCUT2D eigenvalue weighted by atomic mass is 10.1. The van der Waals surface area contributed by atoms with Gasteiger partial charge in [0.15, 0.2) is 0 Å². The average Bonchev–Trinajstić information content (AvgIpc) is 3.11. The molecule has 1 N–H and O–H groups in total. The summed E-state index contributed by atoms with van der Waals surface area (Å²) in [5.41, 5.74) is 4.71. The summed E-state index contributed by atoms with van der Waals surface area (Å²) in [5, 5.41) is 5.90. The molecule has 3 rings (SSSR count). The van der Waals surface area contributed by atoms with Crippen molar-refractivity contribution in [3.8, 4) is 21.8 Å². The fraction of sp³-hybridized carbons (Fsp3) is 0.100. The molecule has 4 heteroatoms. The largest absolute Gasteiger partial charge is 0.348 e. The highest BCUT2D eigenvalue weighted by Gasteiger charge is 2.08. The molecule has 1 aromatic heterocycles.